The molecule has 2 aliphatic rings. The van der Waals surface area contributed by atoms with Crippen LogP contribution in [0.3, 0.4) is 0 Å². The highest BCUT2D eigenvalue weighted by Gasteiger charge is 2.36. The van der Waals surface area contributed by atoms with E-state index in [9.17, 15) is 18.0 Å². The second-order valence-electron chi connectivity index (χ2n) is 9.11. The fourth-order valence-corrected chi connectivity index (χ4v) is 4.84. The molecule has 9 heteroatoms. The fraction of sp³-hybridized carbons (Fsp3) is 0.296. The van der Waals surface area contributed by atoms with Crippen LogP contribution in [-0.2, 0) is 11.0 Å². The highest BCUT2D eigenvalue weighted by atomic mass is 19.4. The molecular weight excluding hydrogens is 467 g/mol. The molecule has 3 aromatic rings. The van der Waals surface area contributed by atoms with E-state index in [2.05, 4.69) is 20.9 Å². The zero-order valence-corrected chi connectivity index (χ0v) is 19.7. The molecule has 6 nitrogen and oxygen atoms in total. The third kappa shape index (κ3) is 4.83. The largest absolute Gasteiger partial charge is 0.416 e. The van der Waals surface area contributed by atoms with Gasteiger partial charge in [-0.2, -0.15) is 13.2 Å². The smallest absolute Gasteiger partial charge is 0.378 e. The Morgan fingerprint density at radius 1 is 1.11 bits per heavy atom. The number of aromatic nitrogens is 2. The number of alkyl halides is 3. The summed E-state index contributed by atoms with van der Waals surface area (Å²) in [5.74, 6) is 0.175. The van der Waals surface area contributed by atoms with Crippen molar-refractivity contribution < 1.29 is 18.0 Å². The Hall–Kier alpha value is -3.72. The molecule has 1 fully saturated rings. The van der Waals surface area contributed by atoms with Crippen molar-refractivity contribution in [3.05, 3.63) is 76.7 Å². The van der Waals surface area contributed by atoms with Crippen LogP contribution < -0.4 is 16.0 Å². The van der Waals surface area contributed by atoms with E-state index < -0.39 is 17.8 Å². The lowest BCUT2D eigenvalue weighted by molar-refractivity contribution is -0.138. The molecule has 0 radical (unpaired) electrons. The van der Waals surface area contributed by atoms with Gasteiger partial charge in [-0.25, -0.2) is 4.98 Å². The molecule has 186 valence electrons. The van der Waals surface area contributed by atoms with E-state index in [1.165, 1.54) is 0 Å². The van der Waals surface area contributed by atoms with E-state index in [1.54, 1.807) is 24.5 Å². The molecule has 3 N–H and O–H groups in total. The molecule has 36 heavy (non-hydrogen) atoms. The van der Waals surface area contributed by atoms with Gasteiger partial charge in [0.1, 0.15) is 18.1 Å². The van der Waals surface area contributed by atoms with Crippen LogP contribution in [0.4, 0.5) is 24.7 Å². The number of carbonyl (C=O) groups excluding carboxylic acids is 1. The lowest BCUT2D eigenvalue weighted by Gasteiger charge is -2.27. The maximum Gasteiger partial charge on any atom is 0.416 e. The summed E-state index contributed by atoms with van der Waals surface area (Å²) in [5.41, 5.74) is 3.48. The number of halogens is 3. The average molecular weight is 494 g/mol. The molecule has 1 atom stereocenters. The Kier molecular flexibility index (Phi) is 6.49. The molecule has 1 saturated heterocycles. The van der Waals surface area contributed by atoms with E-state index in [0.29, 0.717) is 48.6 Å². The maximum atomic E-state index is 14.1. The summed E-state index contributed by atoms with van der Waals surface area (Å²) in [4.78, 5) is 20.8. The minimum Gasteiger partial charge on any atom is -0.378 e. The van der Waals surface area contributed by atoms with Gasteiger partial charge in [-0.3, -0.25) is 4.98 Å². The van der Waals surface area contributed by atoms with Gasteiger partial charge in [0, 0.05) is 28.7 Å². The van der Waals surface area contributed by atoms with Gasteiger partial charge in [-0.05, 0) is 92.5 Å². The molecule has 1 aromatic carbocycles. The van der Waals surface area contributed by atoms with Crippen LogP contribution in [0.1, 0.15) is 52.7 Å². The third-order valence-corrected chi connectivity index (χ3v) is 6.68. The molecular formula is C27H26F3N5O. The molecule has 0 spiro atoms. The van der Waals surface area contributed by atoms with Crippen molar-refractivity contribution in [1.82, 2.24) is 20.6 Å². The lowest BCUT2D eigenvalue weighted by Crippen LogP contribution is -2.28. The fourth-order valence-electron chi connectivity index (χ4n) is 4.84. The Morgan fingerprint density at radius 3 is 2.61 bits per heavy atom. The molecule has 1 unspecified atom stereocenters. The summed E-state index contributed by atoms with van der Waals surface area (Å²) in [6, 6.07) is 9.29. The summed E-state index contributed by atoms with van der Waals surface area (Å²) in [6.45, 7) is 3.28. The molecule has 0 aliphatic carbocycles. The number of hydrogen-bond donors (Lipinski definition) is 3. The van der Waals surface area contributed by atoms with E-state index in [4.69, 9.17) is 4.98 Å². The van der Waals surface area contributed by atoms with Crippen molar-refractivity contribution in [3.8, 4) is 11.3 Å². The van der Waals surface area contributed by atoms with Crippen LogP contribution in [0, 0.1) is 6.92 Å². The van der Waals surface area contributed by atoms with Crippen LogP contribution in [0.2, 0.25) is 0 Å². The van der Waals surface area contributed by atoms with Gasteiger partial charge in [0.05, 0.1) is 11.3 Å². The van der Waals surface area contributed by atoms with E-state index in [-0.39, 0.29) is 11.6 Å². The number of nitrogens with one attached hydrogen (secondary N) is 3. The molecule has 0 saturated carbocycles. The minimum absolute atomic E-state index is 0.144. The van der Waals surface area contributed by atoms with Crippen molar-refractivity contribution in [1.29, 1.82) is 0 Å². The number of nitrogens with zero attached hydrogens (tertiary/aromatic N) is 2. The number of rotatable bonds is 5. The van der Waals surface area contributed by atoms with Gasteiger partial charge in [-0.15, -0.1) is 0 Å². The molecule has 4 heterocycles. The van der Waals surface area contributed by atoms with Crippen LogP contribution in [0.25, 0.3) is 17.3 Å². The first-order valence-corrected chi connectivity index (χ1v) is 11.9. The molecule has 2 aliphatic heterocycles. The third-order valence-electron chi connectivity index (χ3n) is 6.68. The zero-order chi connectivity index (χ0) is 25.3. The average Bonchev–Trinajstić information content (AvgIpc) is 2.88. The van der Waals surface area contributed by atoms with E-state index >= 15 is 0 Å². The maximum absolute atomic E-state index is 14.1. The normalized spacial score (nSPS) is 17.8. The summed E-state index contributed by atoms with van der Waals surface area (Å²) >= 11 is 0. The van der Waals surface area contributed by atoms with Crippen molar-refractivity contribution in [3.63, 3.8) is 0 Å². The Morgan fingerprint density at radius 2 is 1.92 bits per heavy atom. The molecule has 0 bridgehead atoms. The molecule has 2 aromatic heterocycles. The summed E-state index contributed by atoms with van der Waals surface area (Å²) in [5, 5.41) is 9.26. The predicted octanol–water partition coefficient (Wildman–Crippen LogP) is 5.50. The van der Waals surface area contributed by atoms with Crippen LogP contribution >= 0.6 is 0 Å². The number of fused-ring (bicyclic) bond motifs is 1. The van der Waals surface area contributed by atoms with Gasteiger partial charge in [0.15, 0.2) is 0 Å². The monoisotopic (exact) mass is 493 g/mol. The number of anilines is 2. The second-order valence-corrected chi connectivity index (χ2v) is 9.11. The number of aryl methyl sites for hydroxylation is 1. The second kappa shape index (κ2) is 9.73. The summed E-state index contributed by atoms with van der Waals surface area (Å²) in [7, 11) is 0. The summed E-state index contributed by atoms with van der Waals surface area (Å²) in [6.07, 6.45) is 2.78. The standard InChI is InChI=1S/C27H26F3N5O/c1-16-2-3-19(14-33-16)23-12-18-8-11-32-24(15-36)25(18)26(35-23)34-20-4-5-21(17-6-9-31-10-7-17)22(13-20)27(28,29)30/h2-5,8,11-15,17,24,31-32H,6-7,9-10H2,1H3,(H,34,35). The highest BCUT2D eigenvalue weighted by molar-refractivity contribution is 5.80. The van der Waals surface area contributed by atoms with Gasteiger partial charge < -0.3 is 20.7 Å². The van der Waals surface area contributed by atoms with Crippen LogP contribution in [0.15, 0.2) is 48.8 Å². The SMILES string of the molecule is Cc1ccc(-c2cc3c(c(Nc4ccc(C5CCNCC5)c(C(F)(F)F)c4)n2)C(C=O)NC=C3)cn1. The van der Waals surface area contributed by atoms with Gasteiger partial charge in [0.2, 0.25) is 0 Å². The lowest BCUT2D eigenvalue weighted by atomic mass is 9.86. The first kappa shape index (κ1) is 24.0. The highest BCUT2D eigenvalue weighted by Crippen LogP contribution is 2.41. The number of piperidine rings is 1. The van der Waals surface area contributed by atoms with Crippen molar-refractivity contribution >= 4 is 23.9 Å². The summed E-state index contributed by atoms with van der Waals surface area (Å²) < 4.78 is 42.3. The number of benzene rings is 1. The van der Waals surface area contributed by atoms with Gasteiger partial charge in [-0.1, -0.05) is 6.07 Å². The number of carbonyl (C=O) groups is 1. The molecule has 5 rings (SSSR count). The number of aldehydes is 1. The first-order chi connectivity index (χ1) is 17.3. The Bertz CT molecular complexity index is 1300. The van der Waals surface area contributed by atoms with Crippen molar-refractivity contribution in [2.75, 3.05) is 18.4 Å². The van der Waals surface area contributed by atoms with Gasteiger partial charge in [0.25, 0.3) is 0 Å². The van der Waals surface area contributed by atoms with Crippen LogP contribution in [-0.4, -0.2) is 29.3 Å². The quantitative estimate of drug-likeness (QED) is 0.408. The topological polar surface area (TPSA) is 78.9 Å². The van der Waals surface area contributed by atoms with E-state index in [1.807, 2.05) is 31.2 Å². The van der Waals surface area contributed by atoms with Crippen LogP contribution in [0.5, 0.6) is 0 Å². The molecule has 0 amide bonds. The van der Waals surface area contributed by atoms with Crippen molar-refractivity contribution in [2.45, 2.75) is 37.9 Å². The predicted molar refractivity (Wildman–Crippen MR) is 133 cm³/mol. The van der Waals surface area contributed by atoms with Gasteiger partial charge >= 0.3 is 6.18 Å². The number of pyridine rings is 2. The number of hydrogen-bond acceptors (Lipinski definition) is 6. The minimum atomic E-state index is -4.49. The Balaban J connectivity index is 1.58. The Labute approximate surface area is 207 Å². The van der Waals surface area contributed by atoms with Crippen molar-refractivity contribution in [2.24, 2.45) is 0 Å². The zero-order valence-electron chi connectivity index (χ0n) is 19.7. The van der Waals surface area contributed by atoms with E-state index in [0.717, 1.165) is 29.2 Å². The first-order valence-electron chi connectivity index (χ1n) is 11.9.